The van der Waals surface area contributed by atoms with E-state index in [0.717, 1.165) is 37.2 Å². The molecule has 0 aliphatic carbocycles. The fourth-order valence-corrected chi connectivity index (χ4v) is 2.76. The first kappa shape index (κ1) is 17.1. The van der Waals surface area contributed by atoms with E-state index in [1.54, 1.807) is 0 Å². The Morgan fingerprint density at radius 2 is 2.00 bits per heavy atom. The number of carbonyl (C=O) groups is 1. The van der Waals surface area contributed by atoms with E-state index in [9.17, 15) is 10.1 Å². The molecule has 0 aromatic heterocycles. The summed E-state index contributed by atoms with van der Waals surface area (Å²) in [6, 6.07) is 9.95. The molecule has 1 heterocycles. The quantitative estimate of drug-likeness (QED) is 0.929. The first-order valence-corrected chi connectivity index (χ1v) is 8.10. The maximum atomic E-state index is 11.7. The van der Waals surface area contributed by atoms with Gasteiger partial charge < -0.3 is 15.0 Å². The van der Waals surface area contributed by atoms with Crippen LogP contribution in [0, 0.1) is 17.2 Å². The van der Waals surface area contributed by atoms with E-state index < -0.39 is 5.60 Å². The Morgan fingerprint density at radius 1 is 1.35 bits per heavy atom. The second-order valence-electron chi connectivity index (χ2n) is 6.94. The Hall–Kier alpha value is -2.22. The number of piperidine rings is 1. The number of rotatable bonds is 3. The molecule has 0 atom stereocenters. The van der Waals surface area contributed by atoms with E-state index in [1.807, 2.05) is 45.0 Å². The standard InChI is InChI=1S/C18H25N3O2/c1-18(2,3)23-17(22)20-13-14-8-10-21(11-9-14)16-7-5-4-6-15(16)12-19/h4-7,14H,8-11,13H2,1-3H3,(H,20,22). The molecule has 0 bridgehead atoms. The van der Waals surface area contributed by atoms with Crippen molar-refractivity contribution in [2.45, 2.75) is 39.2 Å². The number of nitrogens with one attached hydrogen (secondary N) is 1. The molecule has 0 unspecified atom stereocenters. The predicted octanol–water partition coefficient (Wildman–Crippen LogP) is 3.30. The number of hydrogen-bond acceptors (Lipinski definition) is 4. The topological polar surface area (TPSA) is 65.4 Å². The minimum Gasteiger partial charge on any atom is -0.444 e. The van der Waals surface area contributed by atoms with E-state index in [2.05, 4.69) is 16.3 Å². The Labute approximate surface area is 138 Å². The summed E-state index contributed by atoms with van der Waals surface area (Å²) in [6.45, 7) is 8.02. The predicted molar refractivity (Wildman–Crippen MR) is 90.3 cm³/mol. The van der Waals surface area contributed by atoms with Gasteiger partial charge in [0.05, 0.1) is 11.3 Å². The molecule has 1 saturated heterocycles. The van der Waals surface area contributed by atoms with E-state index in [1.165, 1.54) is 0 Å². The molecule has 1 fully saturated rings. The molecule has 1 aromatic rings. The third-order valence-corrected chi connectivity index (χ3v) is 3.91. The molecular formula is C18H25N3O2. The fraction of sp³-hybridized carbons (Fsp3) is 0.556. The highest BCUT2D eigenvalue weighted by Gasteiger charge is 2.22. The van der Waals surface area contributed by atoms with Gasteiger partial charge in [0.1, 0.15) is 11.7 Å². The lowest BCUT2D eigenvalue weighted by Gasteiger charge is -2.34. The van der Waals surface area contributed by atoms with Crippen molar-refractivity contribution in [2.75, 3.05) is 24.5 Å². The molecule has 0 radical (unpaired) electrons. The molecule has 0 saturated carbocycles. The number of ether oxygens (including phenoxy) is 1. The van der Waals surface area contributed by atoms with Crippen molar-refractivity contribution in [1.29, 1.82) is 5.26 Å². The first-order valence-electron chi connectivity index (χ1n) is 8.10. The molecule has 5 heteroatoms. The zero-order valence-corrected chi connectivity index (χ0v) is 14.1. The van der Waals surface area contributed by atoms with Gasteiger partial charge in [-0.2, -0.15) is 5.26 Å². The highest BCUT2D eigenvalue weighted by atomic mass is 16.6. The molecule has 1 amide bonds. The minimum absolute atomic E-state index is 0.352. The van der Waals surface area contributed by atoms with Gasteiger partial charge in [0.25, 0.3) is 0 Å². The van der Waals surface area contributed by atoms with Crippen LogP contribution in [0.5, 0.6) is 0 Å². The Bertz CT molecular complexity index is 579. The summed E-state index contributed by atoms with van der Waals surface area (Å²) in [7, 11) is 0. The zero-order valence-electron chi connectivity index (χ0n) is 14.1. The van der Waals surface area contributed by atoms with E-state index in [0.29, 0.717) is 12.5 Å². The average Bonchev–Trinajstić information content (AvgIpc) is 2.52. The third-order valence-electron chi connectivity index (χ3n) is 3.91. The average molecular weight is 315 g/mol. The fourth-order valence-electron chi connectivity index (χ4n) is 2.76. The summed E-state index contributed by atoms with van der Waals surface area (Å²) in [6.07, 6.45) is 1.64. The van der Waals surface area contributed by atoms with Crippen LogP contribution in [-0.4, -0.2) is 31.3 Å². The summed E-state index contributed by atoms with van der Waals surface area (Å²) in [5, 5.41) is 12.1. The maximum absolute atomic E-state index is 11.7. The summed E-state index contributed by atoms with van der Waals surface area (Å²) < 4.78 is 5.25. The molecule has 23 heavy (non-hydrogen) atoms. The summed E-state index contributed by atoms with van der Waals surface area (Å²) in [5.74, 6) is 0.452. The van der Waals surface area contributed by atoms with Gasteiger partial charge >= 0.3 is 6.09 Å². The van der Waals surface area contributed by atoms with Crippen molar-refractivity contribution in [1.82, 2.24) is 5.32 Å². The van der Waals surface area contributed by atoms with Gasteiger partial charge in [-0.3, -0.25) is 0 Å². The van der Waals surface area contributed by atoms with Gasteiger partial charge in [-0.25, -0.2) is 4.79 Å². The molecule has 1 aliphatic heterocycles. The molecule has 2 rings (SSSR count). The number of amides is 1. The Morgan fingerprint density at radius 3 is 2.61 bits per heavy atom. The highest BCUT2D eigenvalue weighted by molar-refractivity contribution is 5.67. The highest BCUT2D eigenvalue weighted by Crippen LogP contribution is 2.25. The van der Waals surface area contributed by atoms with Gasteiger partial charge in [0, 0.05) is 19.6 Å². The molecule has 0 spiro atoms. The summed E-state index contributed by atoms with van der Waals surface area (Å²) >= 11 is 0. The smallest absolute Gasteiger partial charge is 0.407 e. The minimum atomic E-state index is -0.464. The van der Waals surface area contributed by atoms with Crippen LogP contribution in [0.1, 0.15) is 39.2 Å². The second-order valence-corrected chi connectivity index (χ2v) is 6.94. The van der Waals surface area contributed by atoms with Gasteiger partial charge in [-0.15, -0.1) is 0 Å². The van der Waals surface area contributed by atoms with Crippen LogP contribution in [0.15, 0.2) is 24.3 Å². The van der Waals surface area contributed by atoms with Crippen LogP contribution in [0.2, 0.25) is 0 Å². The molecule has 1 N–H and O–H groups in total. The van der Waals surface area contributed by atoms with Gasteiger partial charge in [0.2, 0.25) is 0 Å². The van der Waals surface area contributed by atoms with Crippen LogP contribution >= 0.6 is 0 Å². The maximum Gasteiger partial charge on any atom is 0.407 e. The second kappa shape index (κ2) is 7.36. The van der Waals surface area contributed by atoms with Crippen molar-refractivity contribution in [2.24, 2.45) is 5.92 Å². The number of hydrogen-bond donors (Lipinski definition) is 1. The van der Waals surface area contributed by atoms with Gasteiger partial charge in [0.15, 0.2) is 0 Å². The van der Waals surface area contributed by atoms with Crippen molar-refractivity contribution in [3.8, 4) is 6.07 Å². The molecule has 124 valence electrons. The van der Waals surface area contributed by atoms with E-state index in [-0.39, 0.29) is 6.09 Å². The summed E-state index contributed by atoms with van der Waals surface area (Å²) in [5.41, 5.74) is 1.26. The molecule has 5 nitrogen and oxygen atoms in total. The van der Waals surface area contributed by atoms with Crippen LogP contribution in [0.4, 0.5) is 10.5 Å². The monoisotopic (exact) mass is 315 g/mol. The number of nitriles is 1. The first-order chi connectivity index (χ1) is 10.9. The van der Waals surface area contributed by atoms with Crippen molar-refractivity contribution < 1.29 is 9.53 Å². The Balaban J connectivity index is 1.80. The molecule has 1 aliphatic rings. The van der Waals surface area contributed by atoms with E-state index >= 15 is 0 Å². The lowest BCUT2D eigenvalue weighted by Crippen LogP contribution is -2.40. The lowest BCUT2D eigenvalue weighted by atomic mass is 9.96. The SMILES string of the molecule is CC(C)(C)OC(=O)NCC1CCN(c2ccccc2C#N)CC1. The molecular weight excluding hydrogens is 290 g/mol. The van der Waals surface area contributed by atoms with Crippen LogP contribution in [-0.2, 0) is 4.74 Å². The van der Waals surface area contributed by atoms with Crippen molar-refractivity contribution in [3.05, 3.63) is 29.8 Å². The van der Waals surface area contributed by atoms with Gasteiger partial charge in [-0.05, 0) is 51.7 Å². The van der Waals surface area contributed by atoms with Crippen LogP contribution < -0.4 is 10.2 Å². The van der Waals surface area contributed by atoms with E-state index in [4.69, 9.17) is 4.74 Å². The van der Waals surface area contributed by atoms with Crippen LogP contribution in [0.25, 0.3) is 0 Å². The number of anilines is 1. The number of para-hydroxylation sites is 1. The number of carbonyl (C=O) groups excluding carboxylic acids is 1. The molecule has 1 aromatic carbocycles. The number of nitrogens with zero attached hydrogens (tertiary/aromatic N) is 2. The van der Waals surface area contributed by atoms with Crippen molar-refractivity contribution >= 4 is 11.8 Å². The lowest BCUT2D eigenvalue weighted by molar-refractivity contribution is 0.0517. The van der Waals surface area contributed by atoms with Crippen molar-refractivity contribution in [3.63, 3.8) is 0 Å². The normalized spacial score (nSPS) is 15.8. The zero-order chi connectivity index (χ0) is 16.9. The summed E-state index contributed by atoms with van der Waals surface area (Å²) in [4.78, 5) is 13.9. The van der Waals surface area contributed by atoms with Crippen LogP contribution in [0.3, 0.4) is 0 Å². The third kappa shape index (κ3) is 5.17. The van der Waals surface area contributed by atoms with Gasteiger partial charge in [-0.1, -0.05) is 12.1 Å². The number of alkyl carbamates (subject to hydrolysis) is 1. The number of benzene rings is 1. The largest absolute Gasteiger partial charge is 0.444 e. The Kier molecular flexibility index (Phi) is 5.49.